The lowest BCUT2D eigenvalue weighted by Crippen LogP contribution is -2.50. The number of nitrogens with zero attached hydrogens (tertiary/aromatic N) is 1. The monoisotopic (exact) mass is 247 g/mol. The number of rotatable bonds is 2. The molecule has 2 atom stereocenters. The highest BCUT2D eigenvalue weighted by atomic mass is 32.2. The normalized spacial score (nSPS) is 29.3. The zero-order valence-corrected chi connectivity index (χ0v) is 10.7. The lowest BCUT2D eigenvalue weighted by atomic mass is 9.93. The number of Topliss-reactive ketones (excluding diaryl/α,β-unsaturated/α-hetero) is 1. The molecule has 0 radical (unpaired) electrons. The summed E-state index contributed by atoms with van der Waals surface area (Å²) in [5.41, 5.74) is 1.35. The zero-order chi connectivity index (χ0) is 11.7. The van der Waals surface area contributed by atoms with Crippen molar-refractivity contribution in [3.8, 4) is 0 Å². The molecule has 1 aromatic rings. The van der Waals surface area contributed by atoms with Gasteiger partial charge in [-0.1, -0.05) is 30.3 Å². The summed E-state index contributed by atoms with van der Waals surface area (Å²) in [5.74, 6) is 1.98. The molecule has 90 valence electrons. The molecule has 0 N–H and O–H groups in total. The summed E-state index contributed by atoms with van der Waals surface area (Å²) < 4.78 is 0. The van der Waals surface area contributed by atoms with Gasteiger partial charge in [0.25, 0.3) is 0 Å². The van der Waals surface area contributed by atoms with Crippen LogP contribution in [0.3, 0.4) is 0 Å². The summed E-state index contributed by atoms with van der Waals surface area (Å²) in [7, 11) is 0. The summed E-state index contributed by atoms with van der Waals surface area (Å²) >= 11 is 1.85. The minimum Gasteiger partial charge on any atom is -0.298 e. The third kappa shape index (κ3) is 2.40. The molecule has 2 bridgehead atoms. The van der Waals surface area contributed by atoms with E-state index in [0.29, 0.717) is 11.7 Å². The molecule has 0 spiro atoms. The van der Waals surface area contributed by atoms with Gasteiger partial charge in [0.1, 0.15) is 0 Å². The Balaban J connectivity index is 1.68. The maximum atomic E-state index is 12.0. The number of ketones is 1. The molecule has 17 heavy (non-hydrogen) atoms. The van der Waals surface area contributed by atoms with Crippen LogP contribution in [0.1, 0.15) is 12.0 Å². The maximum Gasteiger partial charge on any atom is 0.151 e. The van der Waals surface area contributed by atoms with E-state index in [9.17, 15) is 4.79 Å². The molecule has 0 aliphatic carbocycles. The van der Waals surface area contributed by atoms with E-state index in [-0.39, 0.29) is 5.25 Å². The van der Waals surface area contributed by atoms with Crippen LogP contribution in [0.2, 0.25) is 0 Å². The van der Waals surface area contributed by atoms with Crippen LogP contribution < -0.4 is 0 Å². The fourth-order valence-electron chi connectivity index (χ4n) is 2.76. The number of thioether (sulfide) groups is 1. The van der Waals surface area contributed by atoms with Crippen molar-refractivity contribution in [2.45, 2.75) is 18.2 Å². The highest BCUT2D eigenvalue weighted by molar-refractivity contribution is 8.00. The second kappa shape index (κ2) is 4.83. The molecule has 0 aromatic heterocycles. The van der Waals surface area contributed by atoms with E-state index in [2.05, 4.69) is 29.2 Å². The lowest BCUT2D eigenvalue weighted by molar-refractivity contribution is -0.126. The second-order valence-electron chi connectivity index (χ2n) is 4.93. The standard InChI is InChI=1S/C14H17NOS/c16-14-12-6-7-17-13(14)10-15(9-12)8-11-4-2-1-3-5-11/h1-5,12-13H,6-10H2. The Morgan fingerprint density at radius 2 is 2.06 bits per heavy atom. The topological polar surface area (TPSA) is 20.3 Å². The van der Waals surface area contributed by atoms with Crippen LogP contribution in [0, 0.1) is 5.92 Å². The second-order valence-corrected chi connectivity index (χ2v) is 6.24. The average Bonchev–Trinajstić information content (AvgIpc) is 2.32. The van der Waals surface area contributed by atoms with Gasteiger partial charge in [0.2, 0.25) is 0 Å². The van der Waals surface area contributed by atoms with Gasteiger partial charge in [-0.2, -0.15) is 0 Å². The maximum absolute atomic E-state index is 12.0. The molecule has 2 unspecified atom stereocenters. The minimum atomic E-state index is 0.242. The van der Waals surface area contributed by atoms with Gasteiger partial charge in [-0.15, -0.1) is 11.8 Å². The first kappa shape index (κ1) is 11.3. The third-order valence-electron chi connectivity index (χ3n) is 3.66. The summed E-state index contributed by atoms with van der Waals surface area (Å²) in [6, 6.07) is 10.5. The van der Waals surface area contributed by atoms with E-state index >= 15 is 0 Å². The van der Waals surface area contributed by atoms with Crippen molar-refractivity contribution in [1.29, 1.82) is 0 Å². The van der Waals surface area contributed by atoms with Crippen LogP contribution >= 0.6 is 11.8 Å². The zero-order valence-electron chi connectivity index (χ0n) is 9.84. The molecule has 0 saturated carbocycles. The van der Waals surface area contributed by atoms with Gasteiger partial charge >= 0.3 is 0 Å². The first-order valence-corrected chi connectivity index (χ1v) is 7.29. The predicted molar refractivity (Wildman–Crippen MR) is 71.1 cm³/mol. The summed E-state index contributed by atoms with van der Waals surface area (Å²) in [5, 5.41) is 0.242. The van der Waals surface area contributed by atoms with Gasteiger partial charge < -0.3 is 0 Å². The molecule has 2 heterocycles. The number of piperidine rings is 1. The number of hydrogen-bond donors (Lipinski definition) is 0. The molecule has 3 rings (SSSR count). The van der Waals surface area contributed by atoms with Crippen molar-refractivity contribution in [3.63, 3.8) is 0 Å². The van der Waals surface area contributed by atoms with Gasteiger partial charge in [0.15, 0.2) is 5.78 Å². The van der Waals surface area contributed by atoms with Crippen LogP contribution in [0.5, 0.6) is 0 Å². The Labute approximate surface area is 106 Å². The van der Waals surface area contributed by atoms with Gasteiger partial charge in [0.05, 0.1) is 5.25 Å². The molecular weight excluding hydrogens is 230 g/mol. The Bertz CT molecular complexity index is 390. The van der Waals surface area contributed by atoms with Crippen molar-refractivity contribution < 1.29 is 4.79 Å². The summed E-state index contributed by atoms with van der Waals surface area (Å²) in [6.45, 7) is 2.89. The van der Waals surface area contributed by atoms with E-state index in [1.165, 1.54) is 11.3 Å². The van der Waals surface area contributed by atoms with Crippen molar-refractivity contribution in [2.75, 3.05) is 18.8 Å². The quantitative estimate of drug-likeness (QED) is 0.799. The predicted octanol–water partition coefficient (Wildman–Crippen LogP) is 2.19. The largest absolute Gasteiger partial charge is 0.298 e. The minimum absolute atomic E-state index is 0.242. The molecule has 2 saturated heterocycles. The summed E-state index contributed by atoms with van der Waals surface area (Å²) in [6.07, 6.45) is 1.07. The molecule has 2 aliphatic heterocycles. The molecular formula is C14H17NOS. The van der Waals surface area contributed by atoms with Gasteiger partial charge in [0, 0.05) is 25.6 Å². The average molecular weight is 247 g/mol. The molecule has 1 aromatic carbocycles. The number of carbonyl (C=O) groups is 1. The van der Waals surface area contributed by atoms with Gasteiger partial charge in [-0.3, -0.25) is 9.69 Å². The van der Waals surface area contributed by atoms with Gasteiger partial charge in [-0.05, 0) is 17.7 Å². The highest BCUT2D eigenvalue weighted by Gasteiger charge is 2.38. The smallest absolute Gasteiger partial charge is 0.151 e. The van der Waals surface area contributed by atoms with Crippen LogP contribution in [0.15, 0.2) is 30.3 Å². The first-order chi connectivity index (χ1) is 8.33. The molecule has 2 aliphatic rings. The van der Waals surface area contributed by atoms with E-state index in [1.54, 1.807) is 0 Å². The molecule has 3 heteroatoms. The number of hydrogen-bond acceptors (Lipinski definition) is 3. The van der Waals surface area contributed by atoms with Crippen LogP contribution in [0.4, 0.5) is 0 Å². The van der Waals surface area contributed by atoms with Gasteiger partial charge in [-0.25, -0.2) is 0 Å². The van der Waals surface area contributed by atoms with E-state index in [0.717, 1.165) is 26.1 Å². The van der Waals surface area contributed by atoms with Crippen LogP contribution in [0.25, 0.3) is 0 Å². The van der Waals surface area contributed by atoms with Crippen molar-refractivity contribution in [3.05, 3.63) is 35.9 Å². The van der Waals surface area contributed by atoms with E-state index in [4.69, 9.17) is 0 Å². The number of fused-ring (bicyclic) bond motifs is 2. The molecule has 2 nitrogen and oxygen atoms in total. The molecule has 0 amide bonds. The Kier molecular flexibility index (Phi) is 3.21. The summed E-state index contributed by atoms with van der Waals surface area (Å²) in [4.78, 5) is 14.4. The van der Waals surface area contributed by atoms with Crippen LogP contribution in [-0.4, -0.2) is 34.8 Å². The number of likely N-dealkylation sites (tertiary alicyclic amines) is 1. The SMILES string of the molecule is O=C1C2CCSC1CN(Cc1ccccc1)C2. The third-order valence-corrected chi connectivity index (χ3v) is 4.91. The fourth-order valence-corrected chi connectivity index (χ4v) is 4.13. The first-order valence-electron chi connectivity index (χ1n) is 6.24. The van der Waals surface area contributed by atoms with Crippen molar-refractivity contribution >= 4 is 17.5 Å². The lowest BCUT2D eigenvalue weighted by Gasteiger charge is -2.39. The van der Waals surface area contributed by atoms with Crippen LogP contribution in [-0.2, 0) is 11.3 Å². The number of carbonyl (C=O) groups excluding carboxylic acids is 1. The Morgan fingerprint density at radius 1 is 1.24 bits per heavy atom. The van der Waals surface area contributed by atoms with E-state index in [1.807, 2.05) is 17.8 Å². The fraction of sp³-hybridized carbons (Fsp3) is 0.500. The van der Waals surface area contributed by atoms with Crippen molar-refractivity contribution in [1.82, 2.24) is 4.90 Å². The number of benzene rings is 1. The highest BCUT2D eigenvalue weighted by Crippen LogP contribution is 2.32. The molecule has 2 fully saturated rings. The Morgan fingerprint density at radius 3 is 2.82 bits per heavy atom. The van der Waals surface area contributed by atoms with Crippen molar-refractivity contribution in [2.24, 2.45) is 5.92 Å². The van der Waals surface area contributed by atoms with E-state index < -0.39 is 0 Å². The Hall–Kier alpha value is -0.800.